The van der Waals surface area contributed by atoms with Crippen LogP contribution in [0.25, 0.3) is 0 Å². The Morgan fingerprint density at radius 3 is 2.61 bits per heavy atom. The molecule has 23 heavy (non-hydrogen) atoms. The molecule has 7 heteroatoms. The van der Waals surface area contributed by atoms with Crippen molar-refractivity contribution in [3.8, 4) is 0 Å². The first-order valence-corrected chi connectivity index (χ1v) is 7.66. The van der Waals surface area contributed by atoms with E-state index in [1.807, 2.05) is 18.2 Å². The normalized spacial score (nSPS) is 10.3. The number of nitrogens with one attached hydrogen (secondary N) is 1. The van der Waals surface area contributed by atoms with Gasteiger partial charge in [-0.25, -0.2) is 0 Å². The molecule has 0 aliphatic carbocycles. The predicted molar refractivity (Wildman–Crippen MR) is 90.5 cm³/mol. The first-order chi connectivity index (χ1) is 11.0. The Hall–Kier alpha value is -2.08. The minimum Gasteiger partial charge on any atom is -0.365 e. The summed E-state index contributed by atoms with van der Waals surface area (Å²) in [6.07, 6.45) is 0. The van der Waals surface area contributed by atoms with Gasteiger partial charge in [0.25, 0.3) is 11.8 Å². The summed E-state index contributed by atoms with van der Waals surface area (Å²) in [5.41, 5.74) is 7.05. The van der Waals surface area contributed by atoms with Crippen molar-refractivity contribution >= 4 is 40.7 Å². The molecule has 0 saturated carbocycles. The Balaban J connectivity index is 2.04. The molecule has 2 rings (SSSR count). The molecule has 2 amide bonds. The van der Waals surface area contributed by atoms with E-state index in [0.29, 0.717) is 27.8 Å². The highest BCUT2D eigenvalue weighted by molar-refractivity contribution is 6.37. The SMILES string of the molecule is NC(=O)C[NH2+]Cc1cccc(NC(=O)c2ccc(Cl)cc2Cl)c1. The number of carbonyl (C=O) groups is 2. The molecule has 2 aromatic rings. The average Bonchev–Trinajstić information content (AvgIpc) is 2.47. The highest BCUT2D eigenvalue weighted by Crippen LogP contribution is 2.22. The van der Waals surface area contributed by atoms with Crippen molar-refractivity contribution in [3.05, 3.63) is 63.6 Å². The van der Waals surface area contributed by atoms with Gasteiger partial charge in [-0.1, -0.05) is 35.3 Å². The number of carbonyl (C=O) groups excluding carboxylic acids is 2. The van der Waals surface area contributed by atoms with Crippen LogP contribution in [-0.2, 0) is 11.3 Å². The van der Waals surface area contributed by atoms with Crippen molar-refractivity contribution in [2.45, 2.75) is 6.54 Å². The molecule has 5 nitrogen and oxygen atoms in total. The van der Waals surface area contributed by atoms with Gasteiger partial charge in [-0.3, -0.25) is 9.59 Å². The third-order valence-electron chi connectivity index (χ3n) is 3.09. The molecule has 0 heterocycles. The summed E-state index contributed by atoms with van der Waals surface area (Å²) >= 11 is 11.8. The van der Waals surface area contributed by atoms with E-state index in [9.17, 15) is 9.59 Å². The molecule has 0 unspecified atom stereocenters. The monoisotopic (exact) mass is 352 g/mol. The molecule has 0 saturated heterocycles. The van der Waals surface area contributed by atoms with E-state index in [4.69, 9.17) is 28.9 Å². The van der Waals surface area contributed by atoms with E-state index in [-0.39, 0.29) is 18.4 Å². The molecule has 2 aromatic carbocycles. The number of anilines is 1. The van der Waals surface area contributed by atoms with Gasteiger partial charge in [-0.05, 0) is 30.3 Å². The number of hydrogen-bond donors (Lipinski definition) is 3. The molecule has 0 radical (unpaired) electrons. The van der Waals surface area contributed by atoms with Crippen LogP contribution in [0.4, 0.5) is 5.69 Å². The number of benzene rings is 2. The predicted octanol–water partition coefficient (Wildman–Crippen LogP) is 1.79. The Morgan fingerprint density at radius 1 is 1.13 bits per heavy atom. The second kappa shape index (κ2) is 7.97. The molecule has 0 aliphatic heterocycles. The number of primary amides is 1. The number of nitrogens with two attached hydrogens (primary N) is 2. The van der Waals surface area contributed by atoms with Crippen LogP contribution in [0.15, 0.2) is 42.5 Å². The molecule has 0 bridgehead atoms. The van der Waals surface area contributed by atoms with Crippen molar-refractivity contribution in [3.63, 3.8) is 0 Å². The van der Waals surface area contributed by atoms with Crippen LogP contribution < -0.4 is 16.4 Å². The first kappa shape index (κ1) is 17.3. The Kier molecular flexibility index (Phi) is 5.98. The van der Waals surface area contributed by atoms with Crippen molar-refractivity contribution < 1.29 is 14.9 Å². The number of quaternary nitrogens is 1. The maximum absolute atomic E-state index is 12.3. The van der Waals surface area contributed by atoms with Crippen molar-refractivity contribution in [1.29, 1.82) is 0 Å². The van der Waals surface area contributed by atoms with Gasteiger partial charge < -0.3 is 16.4 Å². The van der Waals surface area contributed by atoms with Gasteiger partial charge in [0.05, 0.1) is 10.6 Å². The standard InChI is InChI=1S/C16H15Cl2N3O2/c17-11-4-5-13(14(18)7-11)16(23)21-12-3-1-2-10(6-12)8-20-9-15(19)22/h1-7,20H,8-9H2,(H2,19,22)(H,21,23)/p+1. The van der Waals surface area contributed by atoms with Gasteiger partial charge in [-0.2, -0.15) is 0 Å². The second-order valence-electron chi connectivity index (χ2n) is 4.94. The van der Waals surface area contributed by atoms with Crippen molar-refractivity contribution in [2.24, 2.45) is 5.73 Å². The quantitative estimate of drug-likeness (QED) is 0.739. The Labute approximate surface area is 143 Å². The van der Waals surface area contributed by atoms with Crippen LogP contribution in [0.3, 0.4) is 0 Å². The Bertz CT molecular complexity index is 735. The summed E-state index contributed by atoms with van der Waals surface area (Å²) in [5, 5.41) is 5.34. The molecule has 0 fully saturated rings. The van der Waals surface area contributed by atoms with Crippen molar-refractivity contribution in [2.75, 3.05) is 11.9 Å². The van der Waals surface area contributed by atoms with E-state index in [1.165, 1.54) is 6.07 Å². The maximum atomic E-state index is 12.3. The number of rotatable bonds is 6. The van der Waals surface area contributed by atoms with Crippen LogP contribution in [0.2, 0.25) is 10.0 Å². The lowest BCUT2D eigenvalue weighted by Crippen LogP contribution is -2.84. The largest absolute Gasteiger partial charge is 0.365 e. The zero-order valence-corrected chi connectivity index (χ0v) is 13.7. The molecule has 5 N–H and O–H groups in total. The second-order valence-corrected chi connectivity index (χ2v) is 5.79. The third kappa shape index (κ3) is 5.25. The van der Waals surface area contributed by atoms with Gasteiger partial charge >= 0.3 is 0 Å². The topological polar surface area (TPSA) is 88.8 Å². The van der Waals surface area contributed by atoms with Crippen LogP contribution in [0.5, 0.6) is 0 Å². The lowest BCUT2D eigenvalue weighted by atomic mass is 10.1. The maximum Gasteiger partial charge on any atom is 0.272 e. The van der Waals surface area contributed by atoms with Gasteiger partial charge in [-0.15, -0.1) is 0 Å². The lowest BCUT2D eigenvalue weighted by molar-refractivity contribution is -0.659. The van der Waals surface area contributed by atoms with Crippen molar-refractivity contribution in [1.82, 2.24) is 0 Å². The zero-order valence-electron chi connectivity index (χ0n) is 12.2. The summed E-state index contributed by atoms with van der Waals surface area (Å²) in [6, 6.07) is 12.0. The van der Waals surface area contributed by atoms with E-state index in [1.54, 1.807) is 23.5 Å². The summed E-state index contributed by atoms with van der Waals surface area (Å²) in [7, 11) is 0. The number of hydrogen-bond acceptors (Lipinski definition) is 2. The first-order valence-electron chi connectivity index (χ1n) is 6.91. The van der Waals surface area contributed by atoms with E-state index in [2.05, 4.69) is 5.32 Å². The van der Waals surface area contributed by atoms with E-state index < -0.39 is 0 Å². The smallest absolute Gasteiger partial charge is 0.272 e. The van der Waals surface area contributed by atoms with Crippen LogP contribution in [-0.4, -0.2) is 18.4 Å². The van der Waals surface area contributed by atoms with Gasteiger partial charge in [0.2, 0.25) is 0 Å². The molecule has 0 atom stereocenters. The third-order valence-corrected chi connectivity index (χ3v) is 3.63. The summed E-state index contributed by atoms with van der Waals surface area (Å²) in [5.74, 6) is -0.684. The molecular formula is C16H16Cl2N3O2+. The molecule has 120 valence electrons. The lowest BCUT2D eigenvalue weighted by Gasteiger charge is -2.08. The summed E-state index contributed by atoms with van der Waals surface area (Å²) in [6.45, 7) is 0.811. The molecule has 0 aromatic heterocycles. The zero-order chi connectivity index (χ0) is 16.8. The van der Waals surface area contributed by atoms with Gasteiger partial charge in [0.15, 0.2) is 6.54 Å². The summed E-state index contributed by atoms with van der Waals surface area (Å²) < 4.78 is 0. The fourth-order valence-electron chi connectivity index (χ4n) is 2.03. The minimum absolute atomic E-state index is 0.219. The highest BCUT2D eigenvalue weighted by Gasteiger charge is 2.11. The van der Waals surface area contributed by atoms with Gasteiger partial charge in [0, 0.05) is 16.3 Å². The summed E-state index contributed by atoms with van der Waals surface area (Å²) in [4.78, 5) is 23.0. The average molecular weight is 353 g/mol. The fraction of sp³-hybridized carbons (Fsp3) is 0.125. The fourth-order valence-corrected chi connectivity index (χ4v) is 2.52. The molecule has 0 aliphatic rings. The number of amides is 2. The molecular weight excluding hydrogens is 337 g/mol. The number of halogens is 2. The van der Waals surface area contributed by atoms with E-state index in [0.717, 1.165) is 5.56 Å². The van der Waals surface area contributed by atoms with Gasteiger partial charge in [0.1, 0.15) is 6.54 Å². The molecule has 0 spiro atoms. The van der Waals surface area contributed by atoms with E-state index >= 15 is 0 Å². The van der Waals surface area contributed by atoms with Crippen LogP contribution in [0, 0.1) is 0 Å². The Morgan fingerprint density at radius 2 is 1.91 bits per heavy atom. The minimum atomic E-state index is -0.369. The highest BCUT2D eigenvalue weighted by atomic mass is 35.5. The van der Waals surface area contributed by atoms with Crippen LogP contribution in [0.1, 0.15) is 15.9 Å². The van der Waals surface area contributed by atoms with Crippen LogP contribution >= 0.6 is 23.2 Å².